The lowest BCUT2D eigenvalue weighted by molar-refractivity contribution is -0.140. The molecule has 0 bridgehead atoms. The largest absolute Gasteiger partial charge is 0.445 e. The number of hydrogen-bond donors (Lipinski definition) is 1. The Kier molecular flexibility index (Phi) is 3.84. The monoisotopic (exact) mass is 275 g/mol. The van der Waals surface area contributed by atoms with E-state index >= 15 is 0 Å². The number of esters is 1. The molecule has 1 aromatic rings. The molecule has 4 heteroatoms. The third-order valence-electron chi connectivity index (χ3n) is 3.92. The Morgan fingerprint density at radius 1 is 1.30 bits per heavy atom. The average Bonchev–Trinajstić information content (AvgIpc) is 2.38. The SMILES string of the molecule is CC(C)C(C)NC(=O)C1(C)Cc2ccccc2C(=O)O1. The molecule has 2 rings (SSSR count). The van der Waals surface area contributed by atoms with Gasteiger partial charge >= 0.3 is 5.97 Å². The van der Waals surface area contributed by atoms with Gasteiger partial charge in [0, 0.05) is 12.5 Å². The first-order chi connectivity index (χ1) is 9.33. The first-order valence-corrected chi connectivity index (χ1v) is 6.96. The minimum absolute atomic E-state index is 0.0372. The normalized spacial score (nSPS) is 22.9. The first-order valence-electron chi connectivity index (χ1n) is 6.96. The summed E-state index contributed by atoms with van der Waals surface area (Å²) in [7, 11) is 0. The Balaban J connectivity index is 2.21. The minimum atomic E-state index is -1.13. The van der Waals surface area contributed by atoms with Crippen LogP contribution in [0.4, 0.5) is 0 Å². The smallest absolute Gasteiger partial charge is 0.339 e. The summed E-state index contributed by atoms with van der Waals surface area (Å²) in [5.41, 5.74) is 0.280. The van der Waals surface area contributed by atoms with E-state index in [2.05, 4.69) is 5.32 Å². The second-order valence-electron chi connectivity index (χ2n) is 5.96. The predicted molar refractivity (Wildman–Crippen MR) is 76.4 cm³/mol. The Bertz CT molecular complexity index is 538. The zero-order valence-corrected chi connectivity index (χ0v) is 12.4. The number of rotatable bonds is 3. The van der Waals surface area contributed by atoms with Crippen molar-refractivity contribution >= 4 is 11.9 Å². The second-order valence-corrected chi connectivity index (χ2v) is 5.96. The van der Waals surface area contributed by atoms with Gasteiger partial charge in [-0.1, -0.05) is 32.0 Å². The van der Waals surface area contributed by atoms with Gasteiger partial charge in [0.1, 0.15) is 0 Å². The fourth-order valence-electron chi connectivity index (χ4n) is 2.19. The van der Waals surface area contributed by atoms with Crippen LogP contribution in [0.3, 0.4) is 0 Å². The van der Waals surface area contributed by atoms with Crippen LogP contribution >= 0.6 is 0 Å². The van der Waals surface area contributed by atoms with Crippen molar-refractivity contribution in [1.82, 2.24) is 5.32 Å². The van der Waals surface area contributed by atoms with E-state index in [1.54, 1.807) is 19.1 Å². The molecule has 0 fully saturated rings. The van der Waals surface area contributed by atoms with E-state index in [0.717, 1.165) is 5.56 Å². The standard InChI is InChI=1S/C16H21NO3/c1-10(2)11(3)17-15(19)16(4)9-12-7-5-6-8-13(12)14(18)20-16/h5-8,10-11H,9H2,1-4H3,(H,17,19). The van der Waals surface area contributed by atoms with Crippen LogP contribution < -0.4 is 5.32 Å². The van der Waals surface area contributed by atoms with Gasteiger partial charge in [0.25, 0.3) is 5.91 Å². The topological polar surface area (TPSA) is 55.4 Å². The van der Waals surface area contributed by atoms with Crippen LogP contribution in [0.1, 0.15) is 43.6 Å². The molecule has 1 aliphatic heterocycles. The van der Waals surface area contributed by atoms with Gasteiger partial charge in [0.2, 0.25) is 0 Å². The van der Waals surface area contributed by atoms with Crippen molar-refractivity contribution < 1.29 is 14.3 Å². The molecule has 0 saturated heterocycles. The Morgan fingerprint density at radius 3 is 2.60 bits per heavy atom. The van der Waals surface area contributed by atoms with Gasteiger partial charge in [-0.25, -0.2) is 4.79 Å². The highest BCUT2D eigenvalue weighted by atomic mass is 16.6. The quantitative estimate of drug-likeness (QED) is 0.861. The molecule has 1 heterocycles. The van der Waals surface area contributed by atoms with Crippen LogP contribution in [0, 0.1) is 5.92 Å². The van der Waals surface area contributed by atoms with E-state index in [1.807, 2.05) is 32.9 Å². The van der Waals surface area contributed by atoms with Crippen molar-refractivity contribution in [2.45, 2.75) is 45.8 Å². The van der Waals surface area contributed by atoms with Gasteiger partial charge in [-0.3, -0.25) is 4.79 Å². The van der Waals surface area contributed by atoms with E-state index in [0.29, 0.717) is 17.9 Å². The van der Waals surface area contributed by atoms with Crippen molar-refractivity contribution in [3.8, 4) is 0 Å². The van der Waals surface area contributed by atoms with Crippen LogP contribution in [0.5, 0.6) is 0 Å². The molecule has 1 aromatic carbocycles. The average molecular weight is 275 g/mol. The number of amides is 1. The number of ether oxygens (including phenoxy) is 1. The lowest BCUT2D eigenvalue weighted by atomic mass is 9.89. The second kappa shape index (κ2) is 5.27. The van der Waals surface area contributed by atoms with Gasteiger partial charge < -0.3 is 10.1 Å². The number of cyclic esters (lactones) is 1. The van der Waals surface area contributed by atoms with Crippen LogP contribution in [0.15, 0.2) is 24.3 Å². The third-order valence-corrected chi connectivity index (χ3v) is 3.92. The van der Waals surface area contributed by atoms with Crippen LogP contribution in [0.2, 0.25) is 0 Å². The molecule has 0 radical (unpaired) electrons. The number of carbonyl (C=O) groups is 2. The summed E-state index contributed by atoms with van der Waals surface area (Å²) in [6, 6.07) is 7.30. The van der Waals surface area contributed by atoms with Crippen molar-refractivity contribution in [3.63, 3.8) is 0 Å². The van der Waals surface area contributed by atoms with Gasteiger partial charge in [-0.2, -0.15) is 0 Å². The first kappa shape index (κ1) is 14.6. The molecule has 2 unspecified atom stereocenters. The van der Waals surface area contributed by atoms with Gasteiger partial charge in [-0.05, 0) is 31.4 Å². The molecule has 1 N–H and O–H groups in total. The summed E-state index contributed by atoms with van der Waals surface area (Å²) in [6.45, 7) is 7.69. The molecular formula is C16H21NO3. The summed E-state index contributed by atoms with van der Waals surface area (Å²) in [4.78, 5) is 24.4. The summed E-state index contributed by atoms with van der Waals surface area (Å²) in [6.07, 6.45) is 0.408. The van der Waals surface area contributed by atoms with E-state index < -0.39 is 11.6 Å². The van der Waals surface area contributed by atoms with Crippen molar-refractivity contribution in [2.75, 3.05) is 0 Å². The maximum atomic E-state index is 12.4. The van der Waals surface area contributed by atoms with Gasteiger partial charge in [-0.15, -0.1) is 0 Å². The molecule has 4 nitrogen and oxygen atoms in total. The molecule has 0 spiro atoms. The highest BCUT2D eigenvalue weighted by Gasteiger charge is 2.42. The summed E-state index contributed by atoms with van der Waals surface area (Å²) in [5.74, 6) is -0.336. The van der Waals surface area contributed by atoms with Crippen molar-refractivity contribution in [3.05, 3.63) is 35.4 Å². The zero-order chi connectivity index (χ0) is 14.9. The van der Waals surface area contributed by atoms with E-state index in [9.17, 15) is 9.59 Å². The number of benzene rings is 1. The molecule has 108 valence electrons. The molecule has 0 aromatic heterocycles. The summed E-state index contributed by atoms with van der Waals surface area (Å²) < 4.78 is 5.39. The highest BCUT2D eigenvalue weighted by molar-refractivity contribution is 5.97. The van der Waals surface area contributed by atoms with E-state index in [4.69, 9.17) is 4.74 Å². The van der Waals surface area contributed by atoms with Crippen LogP contribution in [-0.4, -0.2) is 23.5 Å². The van der Waals surface area contributed by atoms with Crippen LogP contribution in [-0.2, 0) is 16.0 Å². The molecule has 1 aliphatic rings. The zero-order valence-electron chi connectivity index (χ0n) is 12.4. The molecule has 20 heavy (non-hydrogen) atoms. The lowest BCUT2D eigenvalue weighted by Gasteiger charge is -2.34. The lowest BCUT2D eigenvalue weighted by Crippen LogP contribution is -2.54. The Hall–Kier alpha value is -1.84. The Labute approximate surface area is 119 Å². The van der Waals surface area contributed by atoms with Crippen molar-refractivity contribution in [1.29, 1.82) is 0 Å². The maximum absolute atomic E-state index is 12.4. The number of fused-ring (bicyclic) bond motifs is 1. The highest BCUT2D eigenvalue weighted by Crippen LogP contribution is 2.28. The van der Waals surface area contributed by atoms with Gasteiger partial charge in [0.05, 0.1) is 5.56 Å². The van der Waals surface area contributed by atoms with Crippen molar-refractivity contribution in [2.24, 2.45) is 5.92 Å². The third kappa shape index (κ3) is 2.69. The molecule has 2 atom stereocenters. The van der Waals surface area contributed by atoms with Crippen LogP contribution in [0.25, 0.3) is 0 Å². The number of carbonyl (C=O) groups excluding carboxylic acids is 2. The molecular weight excluding hydrogens is 254 g/mol. The number of nitrogens with one attached hydrogen (secondary N) is 1. The molecule has 0 aliphatic carbocycles. The predicted octanol–water partition coefficient (Wildman–Crippen LogP) is 2.32. The molecule has 0 saturated carbocycles. The minimum Gasteiger partial charge on any atom is -0.445 e. The fourth-order valence-corrected chi connectivity index (χ4v) is 2.19. The van der Waals surface area contributed by atoms with Gasteiger partial charge in [0.15, 0.2) is 5.60 Å². The fraction of sp³-hybridized carbons (Fsp3) is 0.500. The summed E-state index contributed by atoms with van der Waals surface area (Å²) in [5, 5.41) is 2.92. The van der Waals surface area contributed by atoms with E-state index in [-0.39, 0.29) is 11.9 Å². The van der Waals surface area contributed by atoms with E-state index in [1.165, 1.54) is 0 Å². The number of hydrogen-bond acceptors (Lipinski definition) is 3. The molecule has 1 amide bonds. The Morgan fingerprint density at radius 2 is 1.95 bits per heavy atom. The summed E-state index contributed by atoms with van der Waals surface area (Å²) >= 11 is 0. The maximum Gasteiger partial charge on any atom is 0.339 e.